The summed E-state index contributed by atoms with van der Waals surface area (Å²) in [5, 5.41) is 8.57. The van der Waals surface area contributed by atoms with Crippen LogP contribution < -0.4 is 16.0 Å². The molecule has 0 saturated carbocycles. The summed E-state index contributed by atoms with van der Waals surface area (Å²) >= 11 is 2.87. The Hall–Kier alpha value is -3.55. The van der Waals surface area contributed by atoms with Crippen LogP contribution in [-0.4, -0.2) is 72.3 Å². The summed E-state index contributed by atoms with van der Waals surface area (Å²) < 4.78 is 10.4. The van der Waals surface area contributed by atoms with E-state index in [9.17, 15) is 14.4 Å². The van der Waals surface area contributed by atoms with Crippen molar-refractivity contribution in [3.8, 4) is 0 Å². The number of hydrogen-bond acceptors (Lipinski definition) is 9. The molecule has 2 atom stereocenters. The predicted molar refractivity (Wildman–Crippen MR) is 149 cm³/mol. The largest absolute Gasteiger partial charge is 0.444 e. The number of nitrogens with zero attached hydrogens (tertiary/aromatic N) is 3. The number of rotatable bonds is 15. The zero-order valence-electron chi connectivity index (χ0n) is 22.0. The zero-order chi connectivity index (χ0) is 27.9. The summed E-state index contributed by atoms with van der Waals surface area (Å²) in [6.07, 6.45) is 4.69. The minimum Gasteiger partial charge on any atom is -0.444 e. The molecule has 210 valence electrons. The number of alkyl carbamates (subject to hydrolysis) is 1. The molecule has 13 heteroatoms. The topological polar surface area (TPSA) is 135 Å². The van der Waals surface area contributed by atoms with Gasteiger partial charge in [0.05, 0.1) is 29.0 Å². The number of urea groups is 1. The quantitative estimate of drug-likeness (QED) is 0.237. The Morgan fingerprint density at radius 3 is 2.41 bits per heavy atom. The molecule has 0 fully saturated rings. The van der Waals surface area contributed by atoms with Gasteiger partial charge >= 0.3 is 12.1 Å². The standard InChI is InChI=1S/C26H34N6O5S2/c1-32(14-21-12-27-17-38-21)25(34)31-23(16-36-2)24(33)30-20(11-19-7-4-3-5-8-19)9-6-10-29-26(35)37-15-22-13-28-18-39-22/h3-5,7-8,12-13,17-18,20,23H,6,9-11,14-16H2,1-2H3,(H,29,35)(H,30,33)(H,31,34)/t20-,23+/m1/s1. The van der Waals surface area contributed by atoms with Gasteiger partial charge in [-0.2, -0.15) is 0 Å². The highest BCUT2D eigenvalue weighted by molar-refractivity contribution is 7.09. The van der Waals surface area contributed by atoms with E-state index in [4.69, 9.17) is 9.47 Å². The Bertz CT molecular complexity index is 1130. The third-order valence-corrected chi connectivity index (χ3v) is 7.19. The fraction of sp³-hybridized carbons (Fsp3) is 0.423. The maximum Gasteiger partial charge on any atom is 0.407 e. The first-order valence-electron chi connectivity index (χ1n) is 12.4. The first-order valence-corrected chi connectivity index (χ1v) is 14.2. The molecule has 11 nitrogen and oxygen atoms in total. The van der Waals surface area contributed by atoms with Crippen LogP contribution in [0.4, 0.5) is 9.59 Å². The molecule has 0 aliphatic rings. The van der Waals surface area contributed by atoms with Crippen LogP contribution in [0.3, 0.4) is 0 Å². The van der Waals surface area contributed by atoms with E-state index >= 15 is 0 Å². The average molecular weight is 575 g/mol. The van der Waals surface area contributed by atoms with E-state index in [1.165, 1.54) is 34.7 Å². The highest BCUT2D eigenvalue weighted by Gasteiger charge is 2.25. The second kappa shape index (κ2) is 16.4. The van der Waals surface area contributed by atoms with Crippen molar-refractivity contribution in [2.24, 2.45) is 0 Å². The molecule has 39 heavy (non-hydrogen) atoms. The Morgan fingerprint density at radius 2 is 1.74 bits per heavy atom. The molecule has 2 aromatic heterocycles. The van der Waals surface area contributed by atoms with E-state index in [0.717, 1.165) is 15.3 Å². The van der Waals surface area contributed by atoms with Crippen molar-refractivity contribution in [3.63, 3.8) is 0 Å². The van der Waals surface area contributed by atoms with Gasteiger partial charge in [-0.25, -0.2) is 9.59 Å². The van der Waals surface area contributed by atoms with Crippen molar-refractivity contribution >= 4 is 40.7 Å². The van der Waals surface area contributed by atoms with Crippen molar-refractivity contribution in [1.29, 1.82) is 0 Å². The predicted octanol–water partition coefficient (Wildman–Crippen LogP) is 3.19. The fourth-order valence-corrected chi connectivity index (χ4v) is 4.85. The van der Waals surface area contributed by atoms with Crippen LogP contribution in [0.1, 0.15) is 28.2 Å². The number of amides is 4. The number of carbonyl (C=O) groups excluding carboxylic acids is 3. The molecule has 0 aliphatic heterocycles. The lowest BCUT2D eigenvalue weighted by Crippen LogP contribution is -2.54. The van der Waals surface area contributed by atoms with Crippen LogP contribution in [-0.2, 0) is 33.8 Å². The van der Waals surface area contributed by atoms with Gasteiger partial charge in [-0.05, 0) is 24.8 Å². The normalized spacial score (nSPS) is 12.3. The van der Waals surface area contributed by atoms with Gasteiger partial charge in [0.2, 0.25) is 5.91 Å². The molecule has 4 amide bonds. The molecule has 1 aromatic carbocycles. The van der Waals surface area contributed by atoms with E-state index in [-0.39, 0.29) is 31.2 Å². The SMILES string of the molecule is COC[C@H](NC(=O)N(C)Cc1cncs1)C(=O)N[C@H](CCCNC(=O)OCc1cncs1)Cc1ccccc1. The lowest BCUT2D eigenvalue weighted by molar-refractivity contribution is -0.124. The van der Waals surface area contributed by atoms with E-state index < -0.39 is 12.1 Å². The van der Waals surface area contributed by atoms with E-state index in [2.05, 4.69) is 25.9 Å². The Morgan fingerprint density at radius 1 is 1.03 bits per heavy atom. The van der Waals surface area contributed by atoms with Crippen molar-refractivity contribution in [1.82, 2.24) is 30.8 Å². The molecular formula is C26H34N6O5S2. The maximum atomic E-state index is 13.2. The van der Waals surface area contributed by atoms with Crippen LogP contribution in [0.15, 0.2) is 53.7 Å². The average Bonchev–Trinajstić information content (AvgIpc) is 3.64. The smallest absolute Gasteiger partial charge is 0.407 e. The summed E-state index contributed by atoms with van der Waals surface area (Å²) in [7, 11) is 3.14. The molecule has 2 heterocycles. The molecule has 0 saturated heterocycles. The zero-order valence-corrected chi connectivity index (χ0v) is 23.6. The minimum atomic E-state index is -0.871. The summed E-state index contributed by atoms with van der Waals surface area (Å²) in [6.45, 7) is 0.976. The number of aromatic nitrogens is 2. The first-order chi connectivity index (χ1) is 18.9. The van der Waals surface area contributed by atoms with E-state index in [1.54, 1.807) is 30.5 Å². The number of thiazole rings is 2. The van der Waals surface area contributed by atoms with Gasteiger partial charge in [-0.1, -0.05) is 30.3 Å². The van der Waals surface area contributed by atoms with Gasteiger partial charge < -0.3 is 30.3 Å². The molecular weight excluding hydrogens is 540 g/mol. The van der Waals surface area contributed by atoms with Gasteiger partial charge in [0.1, 0.15) is 12.6 Å². The molecule has 0 aliphatic carbocycles. The summed E-state index contributed by atoms with van der Waals surface area (Å²) in [5.74, 6) is -0.339. The molecule has 0 spiro atoms. The first kappa shape index (κ1) is 30.0. The minimum absolute atomic E-state index is 0.0250. The lowest BCUT2D eigenvalue weighted by atomic mass is 10.0. The van der Waals surface area contributed by atoms with Crippen molar-refractivity contribution < 1.29 is 23.9 Å². The number of methoxy groups -OCH3 is 1. The summed E-state index contributed by atoms with van der Waals surface area (Å²) in [5.41, 5.74) is 4.45. The van der Waals surface area contributed by atoms with Crippen LogP contribution in [0.5, 0.6) is 0 Å². The van der Waals surface area contributed by atoms with Crippen molar-refractivity contribution in [2.45, 2.75) is 44.5 Å². The third kappa shape index (κ3) is 11.0. The Kier molecular flexibility index (Phi) is 12.6. The molecule has 3 N–H and O–H groups in total. The summed E-state index contributed by atoms with van der Waals surface area (Å²) in [4.78, 5) is 49.2. The van der Waals surface area contributed by atoms with E-state index in [0.29, 0.717) is 32.4 Å². The van der Waals surface area contributed by atoms with Crippen molar-refractivity contribution in [3.05, 3.63) is 69.1 Å². The van der Waals surface area contributed by atoms with Gasteiger partial charge in [-0.15, -0.1) is 22.7 Å². The van der Waals surface area contributed by atoms with Crippen LogP contribution >= 0.6 is 22.7 Å². The number of carbonyl (C=O) groups is 3. The second-order valence-electron chi connectivity index (χ2n) is 8.79. The van der Waals surface area contributed by atoms with Gasteiger partial charge in [-0.3, -0.25) is 14.8 Å². The molecule has 0 bridgehead atoms. The lowest BCUT2D eigenvalue weighted by Gasteiger charge is -2.25. The highest BCUT2D eigenvalue weighted by Crippen LogP contribution is 2.11. The molecule has 0 unspecified atom stereocenters. The summed E-state index contributed by atoms with van der Waals surface area (Å²) in [6, 6.07) is 8.34. The van der Waals surface area contributed by atoms with Crippen LogP contribution in [0, 0.1) is 0 Å². The number of hydrogen-bond donors (Lipinski definition) is 3. The van der Waals surface area contributed by atoms with E-state index in [1.807, 2.05) is 30.3 Å². The second-order valence-corrected chi connectivity index (χ2v) is 10.7. The van der Waals surface area contributed by atoms with Gasteiger partial charge in [0, 0.05) is 44.0 Å². The number of nitrogens with one attached hydrogen (secondary N) is 3. The third-order valence-electron chi connectivity index (χ3n) is 5.67. The Labute approximate surface area is 235 Å². The van der Waals surface area contributed by atoms with Gasteiger partial charge in [0.25, 0.3) is 0 Å². The van der Waals surface area contributed by atoms with Crippen LogP contribution in [0.25, 0.3) is 0 Å². The highest BCUT2D eigenvalue weighted by atomic mass is 32.1. The molecule has 3 aromatic rings. The monoisotopic (exact) mass is 574 g/mol. The van der Waals surface area contributed by atoms with Crippen molar-refractivity contribution in [2.75, 3.05) is 27.3 Å². The molecule has 3 rings (SSSR count). The number of ether oxygens (including phenoxy) is 2. The van der Waals surface area contributed by atoms with Gasteiger partial charge in [0.15, 0.2) is 0 Å². The maximum absolute atomic E-state index is 13.2. The Balaban J connectivity index is 1.52. The fourth-order valence-electron chi connectivity index (χ4n) is 3.70. The van der Waals surface area contributed by atoms with Crippen LogP contribution in [0.2, 0.25) is 0 Å². The molecule has 0 radical (unpaired) electrons. The number of benzene rings is 1.